The highest BCUT2D eigenvalue weighted by atomic mass is 79.9. The molecule has 2 fully saturated rings. The van der Waals surface area contributed by atoms with Crippen LogP contribution in [-0.2, 0) is 4.74 Å². The molecule has 2 saturated heterocycles. The molecule has 0 bridgehead atoms. The molecule has 5 nitrogen and oxygen atoms in total. The van der Waals surface area contributed by atoms with Crippen LogP contribution >= 0.6 is 31.9 Å². The van der Waals surface area contributed by atoms with Gasteiger partial charge in [0, 0.05) is 54.4 Å². The Morgan fingerprint density at radius 2 is 1.92 bits per heavy atom. The fourth-order valence-electron chi connectivity index (χ4n) is 3.70. The predicted octanol–water partition coefficient (Wildman–Crippen LogP) is 3.63. The van der Waals surface area contributed by atoms with E-state index in [1.54, 1.807) is 0 Å². The van der Waals surface area contributed by atoms with E-state index in [0.29, 0.717) is 6.04 Å². The number of ether oxygens (including phenoxy) is 1. The standard InChI is InChI=1S/C17H22Br2N4O/c1-11-15(19)13(18)10-14-16(11)21-17(22-6-4-20-5-7-22)23(14)12-2-8-24-9-3-12/h10,12,20H,2-9H2,1H3. The number of nitrogens with zero attached hydrogens (tertiary/aromatic N) is 3. The van der Waals surface area contributed by atoms with Gasteiger partial charge >= 0.3 is 0 Å². The quantitative estimate of drug-likeness (QED) is 0.747. The molecule has 0 atom stereocenters. The molecule has 0 aliphatic carbocycles. The number of aryl methyl sites for hydroxylation is 1. The van der Waals surface area contributed by atoms with Crippen LogP contribution in [0.5, 0.6) is 0 Å². The van der Waals surface area contributed by atoms with Crippen LogP contribution in [0.15, 0.2) is 15.0 Å². The van der Waals surface area contributed by atoms with Crippen molar-refractivity contribution in [3.05, 3.63) is 20.6 Å². The van der Waals surface area contributed by atoms with Crippen LogP contribution in [0.25, 0.3) is 11.0 Å². The lowest BCUT2D eigenvalue weighted by atomic mass is 10.1. The van der Waals surface area contributed by atoms with Gasteiger partial charge in [0.25, 0.3) is 0 Å². The van der Waals surface area contributed by atoms with E-state index in [1.165, 1.54) is 11.1 Å². The number of benzene rings is 1. The first-order chi connectivity index (χ1) is 11.7. The van der Waals surface area contributed by atoms with Crippen LogP contribution in [0.2, 0.25) is 0 Å². The van der Waals surface area contributed by atoms with Gasteiger partial charge in [-0.15, -0.1) is 0 Å². The van der Waals surface area contributed by atoms with Crippen molar-refractivity contribution in [1.82, 2.24) is 14.9 Å². The second-order valence-corrected chi connectivity index (χ2v) is 8.17. The molecule has 0 amide bonds. The summed E-state index contributed by atoms with van der Waals surface area (Å²) >= 11 is 7.38. The van der Waals surface area contributed by atoms with Gasteiger partial charge in [-0.2, -0.15) is 0 Å². The Labute approximate surface area is 159 Å². The van der Waals surface area contributed by atoms with Gasteiger partial charge in [0.1, 0.15) is 0 Å². The summed E-state index contributed by atoms with van der Waals surface area (Å²) in [4.78, 5) is 7.51. The molecule has 0 saturated carbocycles. The second-order valence-electron chi connectivity index (χ2n) is 6.53. The van der Waals surface area contributed by atoms with Crippen molar-refractivity contribution in [3.8, 4) is 0 Å². The molecule has 0 spiro atoms. The molecule has 2 aliphatic rings. The largest absolute Gasteiger partial charge is 0.381 e. The highest BCUT2D eigenvalue weighted by Gasteiger charge is 2.27. The third-order valence-electron chi connectivity index (χ3n) is 5.04. The van der Waals surface area contributed by atoms with E-state index in [0.717, 1.165) is 72.6 Å². The smallest absolute Gasteiger partial charge is 0.206 e. The number of aromatic nitrogens is 2. The van der Waals surface area contributed by atoms with Gasteiger partial charge < -0.3 is 19.5 Å². The monoisotopic (exact) mass is 456 g/mol. The van der Waals surface area contributed by atoms with Crippen LogP contribution in [0.4, 0.5) is 5.95 Å². The first kappa shape index (κ1) is 16.8. The minimum Gasteiger partial charge on any atom is -0.381 e. The molecule has 7 heteroatoms. The Kier molecular flexibility index (Phi) is 4.86. The Morgan fingerprint density at radius 1 is 1.21 bits per heavy atom. The maximum Gasteiger partial charge on any atom is 0.206 e. The van der Waals surface area contributed by atoms with Crippen molar-refractivity contribution < 1.29 is 4.74 Å². The van der Waals surface area contributed by atoms with Gasteiger partial charge in [-0.3, -0.25) is 0 Å². The molecule has 0 unspecified atom stereocenters. The van der Waals surface area contributed by atoms with E-state index >= 15 is 0 Å². The molecule has 1 aromatic carbocycles. The topological polar surface area (TPSA) is 42.3 Å². The molecule has 24 heavy (non-hydrogen) atoms. The first-order valence-electron chi connectivity index (χ1n) is 8.56. The zero-order valence-corrected chi connectivity index (χ0v) is 17.0. The van der Waals surface area contributed by atoms with Gasteiger partial charge in [0.15, 0.2) is 0 Å². The summed E-state index contributed by atoms with van der Waals surface area (Å²) in [5.74, 6) is 1.12. The van der Waals surface area contributed by atoms with Crippen molar-refractivity contribution in [3.63, 3.8) is 0 Å². The van der Waals surface area contributed by atoms with E-state index in [9.17, 15) is 0 Å². The molecule has 0 radical (unpaired) electrons. The Morgan fingerprint density at radius 3 is 2.62 bits per heavy atom. The van der Waals surface area contributed by atoms with Gasteiger partial charge in [0.2, 0.25) is 5.95 Å². The Balaban J connectivity index is 1.90. The van der Waals surface area contributed by atoms with E-state index < -0.39 is 0 Å². The number of piperazine rings is 1. The minimum atomic E-state index is 0.459. The normalized spacial score (nSPS) is 20.0. The summed E-state index contributed by atoms with van der Waals surface area (Å²) in [6.45, 7) is 7.86. The van der Waals surface area contributed by atoms with E-state index in [4.69, 9.17) is 9.72 Å². The lowest BCUT2D eigenvalue weighted by molar-refractivity contribution is 0.0708. The maximum atomic E-state index is 5.59. The number of hydrogen-bond acceptors (Lipinski definition) is 4. The molecule has 2 aliphatic heterocycles. The summed E-state index contributed by atoms with van der Waals surface area (Å²) in [5.41, 5.74) is 3.52. The van der Waals surface area contributed by atoms with Crippen molar-refractivity contribution in [2.45, 2.75) is 25.8 Å². The molecule has 1 N–H and O–H groups in total. The molecular formula is C17H22Br2N4O. The third-order valence-corrected chi connectivity index (χ3v) is 7.22. The van der Waals surface area contributed by atoms with Gasteiger partial charge in [0.05, 0.1) is 11.0 Å². The van der Waals surface area contributed by atoms with Crippen LogP contribution in [-0.4, -0.2) is 48.9 Å². The molecular weight excluding hydrogens is 436 g/mol. The molecule has 130 valence electrons. The van der Waals surface area contributed by atoms with Crippen LogP contribution in [0, 0.1) is 6.92 Å². The zero-order valence-electron chi connectivity index (χ0n) is 13.8. The van der Waals surface area contributed by atoms with E-state index in [1.807, 2.05) is 0 Å². The highest BCUT2D eigenvalue weighted by Crippen LogP contribution is 2.38. The number of hydrogen-bond donors (Lipinski definition) is 1. The average Bonchev–Trinajstić information content (AvgIpc) is 3.00. The van der Waals surface area contributed by atoms with E-state index in [-0.39, 0.29) is 0 Å². The fraction of sp³-hybridized carbons (Fsp3) is 0.588. The van der Waals surface area contributed by atoms with Gasteiger partial charge in [-0.1, -0.05) is 0 Å². The average molecular weight is 458 g/mol. The molecule has 1 aromatic heterocycles. The number of imidazole rings is 1. The lowest BCUT2D eigenvalue weighted by Gasteiger charge is -2.32. The summed E-state index contributed by atoms with van der Waals surface area (Å²) in [7, 11) is 0. The van der Waals surface area contributed by atoms with Crippen LogP contribution in [0.3, 0.4) is 0 Å². The number of fused-ring (bicyclic) bond motifs is 1. The molecule has 2 aromatic rings. The maximum absolute atomic E-state index is 5.59. The van der Waals surface area contributed by atoms with Crippen molar-refractivity contribution in [2.24, 2.45) is 0 Å². The Hall–Kier alpha value is -0.630. The number of halogens is 2. The van der Waals surface area contributed by atoms with Crippen molar-refractivity contribution >= 4 is 48.8 Å². The van der Waals surface area contributed by atoms with Crippen LogP contribution in [0.1, 0.15) is 24.4 Å². The fourth-order valence-corrected chi connectivity index (χ4v) is 4.52. The third kappa shape index (κ3) is 2.89. The van der Waals surface area contributed by atoms with Crippen LogP contribution < -0.4 is 10.2 Å². The SMILES string of the molecule is Cc1c(Br)c(Br)cc2c1nc(N1CCNCC1)n2C1CCOCC1. The predicted molar refractivity (Wildman–Crippen MR) is 104 cm³/mol. The number of nitrogens with one attached hydrogen (secondary N) is 1. The summed E-state index contributed by atoms with van der Waals surface area (Å²) in [6, 6.07) is 2.67. The first-order valence-corrected chi connectivity index (χ1v) is 10.2. The molecule has 3 heterocycles. The molecule has 4 rings (SSSR count). The number of rotatable bonds is 2. The van der Waals surface area contributed by atoms with Gasteiger partial charge in [-0.25, -0.2) is 4.98 Å². The summed E-state index contributed by atoms with van der Waals surface area (Å²) < 4.78 is 10.2. The lowest BCUT2D eigenvalue weighted by Crippen LogP contribution is -2.45. The summed E-state index contributed by atoms with van der Waals surface area (Å²) in [6.07, 6.45) is 2.11. The highest BCUT2D eigenvalue weighted by molar-refractivity contribution is 9.13. The van der Waals surface area contributed by atoms with Crippen molar-refractivity contribution in [2.75, 3.05) is 44.3 Å². The zero-order chi connectivity index (χ0) is 16.7. The van der Waals surface area contributed by atoms with Crippen molar-refractivity contribution in [1.29, 1.82) is 0 Å². The number of anilines is 1. The van der Waals surface area contributed by atoms with E-state index in [2.05, 4.69) is 59.6 Å². The summed E-state index contributed by atoms with van der Waals surface area (Å²) in [5, 5.41) is 3.43. The second kappa shape index (κ2) is 6.94. The minimum absolute atomic E-state index is 0.459. The van der Waals surface area contributed by atoms with Gasteiger partial charge in [-0.05, 0) is 63.3 Å². The Bertz CT molecular complexity index is 749.